The Labute approximate surface area is 95.4 Å². The molecule has 0 saturated carbocycles. The van der Waals surface area contributed by atoms with Crippen LogP contribution in [0.25, 0.3) is 0 Å². The van der Waals surface area contributed by atoms with Gasteiger partial charge < -0.3 is 16.0 Å². The van der Waals surface area contributed by atoms with Gasteiger partial charge in [0.05, 0.1) is 6.04 Å². The number of amides is 1. The summed E-state index contributed by atoms with van der Waals surface area (Å²) in [6.45, 7) is 0. The predicted octanol–water partition coefficient (Wildman–Crippen LogP) is 0.356. The van der Waals surface area contributed by atoms with Crippen LogP contribution in [-0.4, -0.2) is 16.0 Å². The number of rotatable bonds is 3. The summed E-state index contributed by atoms with van der Waals surface area (Å²) >= 11 is 0. The molecule has 0 saturated heterocycles. The van der Waals surface area contributed by atoms with Gasteiger partial charge in [0.25, 0.3) is 0 Å². The van der Waals surface area contributed by atoms with Gasteiger partial charge in [-0.1, -0.05) is 17.3 Å². The van der Waals surface area contributed by atoms with Crippen molar-refractivity contribution in [1.29, 1.82) is 0 Å². The molecule has 7 heteroatoms. The van der Waals surface area contributed by atoms with Gasteiger partial charge in [0.15, 0.2) is 5.82 Å². The van der Waals surface area contributed by atoms with Crippen molar-refractivity contribution in [2.75, 3.05) is 0 Å². The van der Waals surface area contributed by atoms with Gasteiger partial charge in [-0.3, -0.25) is 4.79 Å². The molecule has 6 nitrogen and oxygen atoms in total. The Morgan fingerprint density at radius 1 is 1.35 bits per heavy atom. The van der Waals surface area contributed by atoms with Crippen LogP contribution >= 0.6 is 0 Å². The number of carbonyl (C=O) groups is 1. The van der Waals surface area contributed by atoms with Crippen LogP contribution in [0.1, 0.15) is 28.1 Å². The van der Waals surface area contributed by atoms with Crippen molar-refractivity contribution in [3.8, 4) is 0 Å². The Morgan fingerprint density at radius 2 is 2.00 bits per heavy atom. The quantitative estimate of drug-likeness (QED) is 0.799. The fourth-order valence-corrected chi connectivity index (χ4v) is 1.28. The zero-order chi connectivity index (χ0) is 12.4. The summed E-state index contributed by atoms with van der Waals surface area (Å²) in [7, 11) is 0. The van der Waals surface area contributed by atoms with Crippen LogP contribution in [0.3, 0.4) is 0 Å². The van der Waals surface area contributed by atoms with Crippen LogP contribution in [0.5, 0.6) is 0 Å². The average Bonchev–Trinajstić information content (AvgIpc) is 2.78. The lowest BCUT2D eigenvalue weighted by atomic mass is 10.1. The summed E-state index contributed by atoms with van der Waals surface area (Å²) in [5.41, 5.74) is 11.4. The summed E-state index contributed by atoms with van der Waals surface area (Å²) in [6.07, 6.45) is 0. The predicted molar refractivity (Wildman–Crippen MR) is 55.2 cm³/mol. The third kappa shape index (κ3) is 2.28. The highest BCUT2D eigenvalue weighted by molar-refractivity contribution is 5.87. The molecule has 1 heterocycles. The zero-order valence-corrected chi connectivity index (χ0v) is 8.63. The first kappa shape index (κ1) is 11.2. The number of benzene rings is 1. The highest BCUT2D eigenvalue weighted by atomic mass is 19.1. The lowest BCUT2D eigenvalue weighted by Crippen LogP contribution is -2.15. The molecule has 1 unspecified atom stereocenters. The highest BCUT2D eigenvalue weighted by Gasteiger charge is 2.18. The first-order valence-corrected chi connectivity index (χ1v) is 4.72. The summed E-state index contributed by atoms with van der Waals surface area (Å²) in [5, 5.41) is 3.53. The van der Waals surface area contributed by atoms with E-state index in [9.17, 15) is 9.18 Å². The number of nitrogens with zero attached hydrogens (tertiary/aromatic N) is 2. The second-order valence-corrected chi connectivity index (χ2v) is 3.35. The van der Waals surface area contributed by atoms with E-state index >= 15 is 0 Å². The van der Waals surface area contributed by atoms with E-state index in [1.165, 1.54) is 24.3 Å². The van der Waals surface area contributed by atoms with Crippen molar-refractivity contribution in [2.24, 2.45) is 11.5 Å². The SMILES string of the molecule is NC(=O)c1nc(C(N)c2ccc(F)cc2)no1. The molecule has 0 spiro atoms. The van der Waals surface area contributed by atoms with E-state index in [0.717, 1.165) is 0 Å². The maximum absolute atomic E-state index is 12.7. The minimum absolute atomic E-state index is 0.116. The van der Waals surface area contributed by atoms with E-state index in [1.807, 2.05) is 0 Å². The van der Waals surface area contributed by atoms with Crippen LogP contribution in [-0.2, 0) is 0 Å². The van der Waals surface area contributed by atoms with Gasteiger partial charge in [0.1, 0.15) is 5.82 Å². The molecular weight excluding hydrogens is 227 g/mol. The molecule has 0 fully saturated rings. The maximum Gasteiger partial charge on any atom is 0.315 e. The Balaban J connectivity index is 2.27. The third-order valence-corrected chi connectivity index (χ3v) is 2.16. The molecule has 0 radical (unpaired) electrons. The average molecular weight is 236 g/mol. The molecule has 2 aromatic rings. The molecule has 17 heavy (non-hydrogen) atoms. The van der Waals surface area contributed by atoms with E-state index in [4.69, 9.17) is 11.5 Å². The van der Waals surface area contributed by atoms with Crippen LogP contribution in [0.4, 0.5) is 4.39 Å². The minimum Gasteiger partial charge on any atom is -0.361 e. The monoisotopic (exact) mass is 236 g/mol. The number of hydrogen-bond acceptors (Lipinski definition) is 5. The van der Waals surface area contributed by atoms with Crippen molar-refractivity contribution >= 4 is 5.91 Å². The molecule has 1 amide bonds. The van der Waals surface area contributed by atoms with Gasteiger partial charge in [-0.2, -0.15) is 4.98 Å². The Hall–Kier alpha value is -2.28. The van der Waals surface area contributed by atoms with E-state index < -0.39 is 11.9 Å². The molecule has 2 rings (SSSR count). The molecule has 0 bridgehead atoms. The zero-order valence-electron chi connectivity index (χ0n) is 8.63. The molecular formula is C10H9FN4O2. The highest BCUT2D eigenvalue weighted by Crippen LogP contribution is 2.17. The van der Waals surface area contributed by atoms with Crippen molar-refractivity contribution < 1.29 is 13.7 Å². The smallest absolute Gasteiger partial charge is 0.315 e. The molecule has 0 aliphatic rings. The molecule has 0 aliphatic heterocycles. The standard InChI is InChI=1S/C10H9FN4O2/c11-6-3-1-5(2-4-6)7(12)9-14-10(8(13)16)17-15-9/h1-4,7H,12H2,(H2,13,16). The van der Waals surface area contributed by atoms with Crippen LogP contribution in [0.2, 0.25) is 0 Å². The number of primary amides is 1. The van der Waals surface area contributed by atoms with Gasteiger partial charge in [-0.25, -0.2) is 4.39 Å². The number of nitrogens with two attached hydrogens (primary N) is 2. The molecule has 1 aromatic carbocycles. The number of hydrogen-bond donors (Lipinski definition) is 2. The lowest BCUT2D eigenvalue weighted by Gasteiger charge is -2.06. The molecule has 1 atom stereocenters. The normalized spacial score (nSPS) is 12.4. The topological polar surface area (TPSA) is 108 Å². The summed E-state index contributed by atoms with van der Waals surface area (Å²) in [6, 6.07) is 4.84. The molecule has 88 valence electrons. The van der Waals surface area contributed by atoms with Crippen molar-refractivity contribution in [3.05, 3.63) is 47.4 Å². The fraction of sp³-hybridized carbons (Fsp3) is 0.100. The van der Waals surface area contributed by atoms with Crippen LogP contribution in [0, 0.1) is 5.82 Å². The van der Waals surface area contributed by atoms with Gasteiger partial charge in [0.2, 0.25) is 0 Å². The summed E-state index contributed by atoms with van der Waals surface area (Å²) in [4.78, 5) is 14.5. The number of carbonyl (C=O) groups excluding carboxylic acids is 1. The largest absolute Gasteiger partial charge is 0.361 e. The Kier molecular flexibility index (Phi) is 2.84. The first-order chi connectivity index (χ1) is 8.08. The van der Waals surface area contributed by atoms with Crippen molar-refractivity contribution in [3.63, 3.8) is 0 Å². The Bertz CT molecular complexity index is 537. The lowest BCUT2D eigenvalue weighted by molar-refractivity contribution is 0.0958. The third-order valence-electron chi connectivity index (χ3n) is 2.16. The number of aromatic nitrogens is 2. The van der Waals surface area contributed by atoms with Gasteiger partial charge in [0, 0.05) is 0 Å². The van der Waals surface area contributed by atoms with Crippen LogP contribution < -0.4 is 11.5 Å². The Morgan fingerprint density at radius 3 is 2.53 bits per heavy atom. The summed E-state index contributed by atoms with van der Waals surface area (Å²) < 4.78 is 17.3. The molecule has 4 N–H and O–H groups in total. The first-order valence-electron chi connectivity index (χ1n) is 4.72. The minimum atomic E-state index is -0.824. The maximum atomic E-state index is 12.7. The van der Waals surface area contributed by atoms with E-state index in [2.05, 4.69) is 14.7 Å². The number of halogens is 1. The molecule has 1 aromatic heterocycles. The van der Waals surface area contributed by atoms with Gasteiger partial charge in [-0.15, -0.1) is 0 Å². The second kappa shape index (κ2) is 4.30. The summed E-state index contributed by atoms with van der Waals surface area (Å²) in [5.74, 6) is -1.38. The van der Waals surface area contributed by atoms with Gasteiger partial charge >= 0.3 is 11.8 Å². The van der Waals surface area contributed by atoms with Crippen molar-refractivity contribution in [2.45, 2.75) is 6.04 Å². The van der Waals surface area contributed by atoms with E-state index in [1.54, 1.807) is 0 Å². The van der Waals surface area contributed by atoms with Crippen molar-refractivity contribution in [1.82, 2.24) is 10.1 Å². The molecule has 0 aliphatic carbocycles. The van der Waals surface area contributed by atoms with Gasteiger partial charge in [-0.05, 0) is 17.7 Å². The van der Waals surface area contributed by atoms with E-state index in [0.29, 0.717) is 5.56 Å². The van der Waals surface area contributed by atoms with E-state index in [-0.39, 0.29) is 17.5 Å². The second-order valence-electron chi connectivity index (χ2n) is 3.35. The van der Waals surface area contributed by atoms with Crippen LogP contribution in [0.15, 0.2) is 28.8 Å². The fourth-order valence-electron chi connectivity index (χ4n) is 1.28.